The van der Waals surface area contributed by atoms with Crippen molar-refractivity contribution in [3.05, 3.63) is 113 Å². The Kier molecular flexibility index (Phi) is 13.4. The number of hydrogen-bond acceptors (Lipinski definition) is 0. The van der Waals surface area contributed by atoms with Crippen LogP contribution in [0.15, 0.2) is 96.6 Å². The molecule has 0 radical (unpaired) electrons. The summed E-state index contributed by atoms with van der Waals surface area (Å²) in [7, 11) is 0. The molecule has 0 saturated heterocycles. The number of unbranched alkanes of at least 4 members (excludes halogenated alkanes) is 4. The Bertz CT molecular complexity index is 1400. The number of allylic oxidation sites excluding steroid dienone is 6. The van der Waals surface area contributed by atoms with Crippen LogP contribution in [0.5, 0.6) is 0 Å². The number of rotatable bonds is 18. The highest BCUT2D eigenvalue weighted by atomic mass is 14.5. The van der Waals surface area contributed by atoms with Crippen molar-refractivity contribution in [2.45, 2.75) is 157 Å². The van der Waals surface area contributed by atoms with Crippen LogP contribution in [-0.2, 0) is 5.41 Å². The first kappa shape index (κ1) is 38.2. The van der Waals surface area contributed by atoms with Crippen molar-refractivity contribution in [3.63, 3.8) is 0 Å². The molecule has 2 aliphatic carbocycles. The van der Waals surface area contributed by atoms with Gasteiger partial charge in [-0.05, 0) is 96.8 Å². The van der Waals surface area contributed by atoms with Crippen molar-refractivity contribution >= 4 is 5.57 Å². The number of fused-ring (bicyclic) bond motifs is 1. The van der Waals surface area contributed by atoms with Gasteiger partial charge in [0.15, 0.2) is 0 Å². The van der Waals surface area contributed by atoms with Gasteiger partial charge < -0.3 is 0 Å². The molecule has 0 spiro atoms. The SMILES string of the molecule is C=C(CCCC(CCC)(C(=C)[C@@H]1CC=C2C(C)(C)C(c3ccc(C(C)C)cc3)=CC[C@]2(C)C1)c1ccccc1)C(C)CCCCCCC. The van der Waals surface area contributed by atoms with E-state index in [4.69, 9.17) is 6.58 Å². The van der Waals surface area contributed by atoms with E-state index >= 15 is 0 Å². The lowest BCUT2D eigenvalue weighted by Crippen LogP contribution is -2.40. The molecule has 0 saturated carbocycles. The van der Waals surface area contributed by atoms with E-state index in [1.54, 1.807) is 5.57 Å². The molecule has 48 heavy (non-hydrogen) atoms. The molecule has 0 nitrogen and oxygen atoms in total. The molecule has 2 aliphatic rings. The van der Waals surface area contributed by atoms with E-state index in [1.165, 1.54) is 97.6 Å². The largest absolute Gasteiger partial charge is 0.0996 e. The van der Waals surface area contributed by atoms with Gasteiger partial charge in [0, 0.05) is 10.8 Å². The third-order valence-electron chi connectivity index (χ3n) is 12.6. The van der Waals surface area contributed by atoms with Crippen molar-refractivity contribution in [2.24, 2.45) is 22.7 Å². The second kappa shape index (κ2) is 16.9. The van der Waals surface area contributed by atoms with Gasteiger partial charge in [0.2, 0.25) is 0 Å². The quantitative estimate of drug-likeness (QED) is 0.112. The second-order valence-corrected chi connectivity index (χ2v) is 16.9. The molecule has 0 heterocycles. The van der Waals surface area contributed by atoms with E-state index < -0.39 is 0 Å². The van der Waals surface area contributed by atoms with Crippen molar-refractivity contribution in [1.82, 2.24) is 0 Å². The monoisotopic (exact) mass is 647 g/mol. The average molecular weight is 647 g/mol. The standard InChI is InChI=1S/C48H70/c1-11-13-14-15-17-21-37(5)38(6)22-20-33-48(32-12-2,43-23-18-16-19-24-43)39(7)42-29-30-45-46(8,9)44(31-34-47(45,10)35-42)41-27-25-40(26-28-41)36(3)4/h16,18-19,23-28,30-31,36-37,42H,6-7,11-15,17,20-22,29,32-35H2,1-5,8-10H3/t37?,42-,47-,48?/m1/s1. The van der Waals surface area contributed by atoms with Gasteiger partial charge in [-0.2, -0.15) is 0 Å². The Hall–Kier alpha value is -2.60. The maximum absolute atomic E-state index is 5.07. The Balaban J connectivity index is 1.53. The van der Waals surface area contributed by atoms with Crippen LogP contribution in [0.2, 0.25) is 0 Å². The molecule has 4 atom stereocenters. The van der Waals surface area contributed by atoms with Crippen LogP contribution < -0.4 is 0 Å². The Morgan fingerprint density at radius 1 is 0.812 bits per heavy atom. The summed E-state index contributed by atoms with van der Waals surface area (Å²) in [6, 6.07) is 20.8. The first-order valence-corrected chi connectivity index (χ1v) is 19.8. The van der Waals surface area contributed by atoms with Crippen LogP contribution in [0.1, 0.15) is 168 Å². The lowest BCUT2D eigenvalue weighted by atomic mass is 9.52. The molecular formula is C48H70. The zero-order valence-corrected chi connectivity index (χ0v) is 32.4. The van der Waals surface area contributed by atoms with Gasteiger partial charge in [0.1, 0.15) is 0 Å². The molecule has 4 rings (SSSR count). The molecule has 0 heteroatoms. The maximum atomic E-state index is 5.07. The Morgan fingerprint density at radius 3 is 2.15 bits per heavy atom. The molecule has 0 fully saturated rings. The zero-order chi connectivity index (χ0) is 35.0. The van der Waals surface area contributed by atoms with E-state index in [0.29, 0.717) is 17.8 Å². The molecule has 2 aromatic rings. The van der Waals surface area contributed by atoms with Gasteiger partial charge >= 0.3 is 0 Å². The second-order valence-electron chi connectivity index (χ2n) is 16.9. The minimum Gasteiger partial charge on any atom is -0.0996 e. The van der Waals surface area contributed by atoms with Gasteiger partial charge in [0.05, 0.1) is 0 Å². The van der Waals surface area contributed by atoms with Crippen molar-refractivity contribution in [3.8, 4) is 0 Å². The minimum absolute atomic E-state index is 0.00932. The fraction of sp³-hybridized carbons (Fsp3) is 0.583. The van der Waals surface area contributed by atoms with Gasteiger partial charge in [-0.15, -0.1) is 0 Å². The number of hydrogen-bond donors (Lipinski definition) is 0. The molecule has 0 aliphatic heterocycles. The zero-order valence-electron chi connectivity index (χ0n) is 32.4. The summed E-state index contributed by atoms with van der Waals surface area (Å²) in [4.78, 5) is 0. The summed E-state index contributed by atoms with van der Waals surface area (Å²) in [6.45, 7) is 28.8. The summed E-state index contributed by atoms with van der Waals surface area (Å²) in [5.74, 6) is 1.67. The van der Waals surface area contributed by atoms with E-state index in [2.05, 4.69) is 129 Å². The normalized spacial score (nSPS) is 22.3. The van der Waals surface area contributed by atoms with Gasteiger partial charge in [-0.1, -0.05) is 191 Å². The van der Waals surface area contributed by atoms with Crippen molar-refractivity contribution in [2.75, 3.05) is 0 Å². The summed E-state index contributed by atoms with van der Waals surface area (Å²) >= 11 is 0. The van der Waals surface area contributed by atoms with Crippen molar-refractivity contribution in [1.29, 1.82) is 0 Å². The lowest BCUT2D eigenvalue weighted by Gasteiger charge is -2.52. The highest BCUT2D eigenvalue weighted by Gasteiger charge is 2.48. The fourth-order valence-corrected chi connectivity index (χ4v) is 9.58. The van der Waals surface area contributed by atoms with E-state index in [1.807, 2.05) is 0 Å². The molecule has 0 aromatic heterocycles. The van der Waals surface area contributed by atoms with Crippen LogP contribution in [0, 0.1) is 22.7 Å². The maximum Gasteiger partial charge on any atom is 0.0162 e. The molecule has 2 unspecified atom stereocenters. The van der Waals surface area contributed by atoms with Crippen LogP contribution in [0.3, 0.4) is 0 Å². The first-order chi connectivity index (χ1) is 22.9. The first-order valence-electron chi connectivity index (χ1n) is 19.8. The Morgan fingerprint density at radius 2 is 1.50 bits per heavy atom. The van der Waals surface area contributed by atoms with Crippen LogP contribution >= 0.6 is 0 Å². The van der Waals surface area contributed by atoms with Gasteiger partial charge in [0.25, 0.3) is 0 Å². The highest BCUT2D eigenvalue weighted by Crippen LogP contribution is 2.60. The Labute approximate surface area is 297 Å². The fourth-order valence-electron chi connectivity index (χ4n) is 9.58. The lowest BCUT2D eigenvalue weighted by molar-refractivity contribution is 0.227. The third-order valence-corrected chi connectivity index (χ3v) is 12.6. The molecule has 0 N–H and O–H groups in total. The average Bonchev–Trinajstić information content (AvgIpc) is 3.07. The van der Waals surface area contributed by atoms with Crippen molar-refractivity contribution < 1.29 is 0 Å². The molecular weight excluding hydrogens is 577 g/mol. The summed E-state index contributed by atoms with van der Waals surface area (Å²) in [6.07, 6.45) is 22.5. The number of benzene rings is 2. The van der Waals surface area contributed by atoms with Gasteiger partial charge in [-0.3, -0.25) is 0 Å². The summed E-state index contributed by atoms with van der Waals surface area (Å²) < 4.78 is 0. The highest BCUT2D eigenvalue weighted by molar-refractivity contribution is 5.75. The molecule has 0 bridgehead atoms. The van der Waals surface area contributed by atoms with Gasteiger partial charge in [-0.25, -0.2) is 0 Å². The van der Waals surface area contributed by atoms with E-state index in [-0.39, 0.29) is 16.2 Å². The van der Waals surface area contributed by atoms with Crippen LogP contribution in [0.25, 0.3) is 5.57 Å². The molecule has 0 amide bonds. The van der Waals surface area contributed by atoms with Crippen LogP contribution in [-0.4, -0.2) is 0 Å². The predicted molar refractivity (Wildman–Crippen MR) is 214 cm³/mol. The van der Waals surface area contributed by atoms with E-state index in [0.717, 1.165) is 25.7 Å². The topological polar surface area (TPSA) is 0 Å². The molecule has 2 aromatic carbocycles. The van der Waals surface area contributed by atoms with Crippen LogP contribution in [0.4, 0.5) is 0 Å². The van der Waals surface area contributed by atoms with E-state index in [9.17, 15) is 0 Å². The molecule has 262 valence electrons. The summed E-state index contributed by atoms with van der Waals surface area (Å²) in [5, 5.41) is 0. The summed E-state index contributed by atoms with van der Waals surface area (Å²) in [5.41, 5.74) is 10.6. The minimum atomic E-state index is 0.00932. The predicted octanol–water partition coefficient (Wildman–Crippen LogP) is 15.0. The third kappa shape index (κ3) is 8.57. The smallest absolute Gasteiger partial charge is 0.0162 e.